The van der Waals surface area contributed by atoms with Crippen LogP contribution in [-0.2, 0) is 14.3 Å². The molecule has 112 valence electrons. The van der Waals surface area contributed by atoms with E-state index in [-0.39, 0.29) is 30.4 Å². The zero-order chi connectivity index (χ0) is 15.1. The van der Waals surface area contributed by atoms with E-state index in [4.69, 9.17) is 4.74 Å². The predicted molar refractivity (Wildman–Crippen MR) is 75.0 cm³/mol. The fraction of sp³-hybridized carbons (Fsp3) is 0.643. The van der Waals surface area contributed by atoms with Crippen molar-refractivity contribution in [2.24, 2.45) is 5.92 Å². The van der Waals surface area contributed by atoms with Gasteiger partial charge in [-0.2, -0.15) is 0 Å². The summed E-state index contributed by atoms with van der Waals surface area (Å²) >= 11 is 0. The lowest BCUT2D eigenvalue weighted by atomic mass is 10.2. The van der Waals surface area contributed by atoms with Gasteiger partial charge in [0.05, 0.1) is 12.9 Å². The van der Waals surface area contributed by atoms with Crippen molar-refractivity contribution in [3.05, 3.63) is 18.7 Å². The van der Waals surface area contributed by atoms with Gasteiger partial charge < -0.3 is 14.2 Å². The second kappa shape index (κ2) is 7.67. The molecular weight excluding hydrogens is 258 g/mol. The van der Waals surface area contributed by atoms with Gasteiger partial charge in [-0.1, -0.05) is 13.8 Å². The smallest absolute Gasteiger partial charge is 0.325 e. The van der Waals surface area contributed by atoms with Crippen LogP contribution in [0.3, 0.4) is 0 Å². The maximum absolute atomic E-state index is 12.5. The van der Waals surface area contributed by atoms with Crippen molar-refractivity contribution >= 4 is 11.9 Å². The highest BCUT2D eigenvalue weighted by Crippen LogP contribution is 2.11. The molecule has 0 aliphatic rings. The molecule has 0 aliphatic heterocycles. The summed E-state index contributed by atoms with van der Waals surface area (Å²) < 4.78 is 6.65. The minimum atomic E-state index is -0.384. The quantitative estimate of drug-likeness (QED) is 0.710. The number of carbonyl (C=O) groups is 2. The van der Waals surface area contributed by atoms with Crippen molar-refractivity contribution in [3.8, 4) is 0 Å². The lowest BCUT2D eigenvalue weighted by Crippen LogP contribution is -2.42. The zero-order valence-electron chi connectivity index (χ0n) is 12.6. The number of amides is 1. The number of ether oxygens (including phenoxy) is 1. The highest BCUT2D eigenvalue weighted by molar-refractivity contribution is 5.84. The standard InChI is InChI=1S/C14H23N3O3/c1-5-20-13(18)9-17(8-11(2)3)14(19)12(4)16-7-6-15-10-16/h6-7,10-12H,5,8-9H2,1-4H3/t12-/m1/s1. The van der Waals surface area contributed by atoms with Gasteiger partial charge in [0, 0.05) is 18.9 Å². The SMILES string of the molecule is CCOC(=O)CN(CC(C)C)C(=O)[C@@H](C)n1ccnc1. The van der Waals surface area contributed by atoms with Crippen molar-refractivity contribution in [1.82, 2.24) is 14.5 Å². The Morgan fingerprint density at radius 2 is 2.05 bits per heavy atom. The fourth-order valence-corrected chi connectivity index (χ4v) is 1.93. The summed E-state index contributed by atoms with van der Waals surface area (Å²) in [4.78, 5) is 29.6. The Hall–Kier alpha value is -1.85. The molecule has 0 saturated heterocycles. The van der Waals surface area contributed by atoms with Crippen LogP contribution in [-0.4, -0.2) is 46.0 Å². The Kier molecular flexibility index (Phi) is 6.21. The van der Waals surface area contributed by atoms with Crippen molar-refractivity contribution in [1.29, 1.82) is 0 Å². The van der Waals surface area contributed by atoms with Crippen molar-refractivity contribution < 1.29 is 14.3 Å². The Bertz CT molecular complexity index is 429. The number of imidazole rings is 1. The Morgan fingerprint density at radius 1 is 1.35 bits per heavy atom. The molecule has 1 aromatic heterocycles. The maximum atomic E-state index is 12.5. The van der Waals surface area contributed by atoms with Crippen molar-refractivity contribution in [2.45, 2.75) is 33.7 Å². The monoisotopic (exact) mass is 281 g/mol. The molecule has 1 amide bonds. The minimum absolute atomic E-state index is 0.0100. The van der Waals surface area contributed by atoms with Gasteiger partial charge in [-0.05, 0) is 19.8 Å². The third-order valence-electron chi connectivity index (χ3n) is 2.85. The highest BCUT2D eigenvalue weighted by atomic mass is 16.5. The molecule has 0 spiro atoms. The third-order valence-corrected chi connectivity index (χ3v) is 2.85. The van der Waals surface area contributed by atoms with Crippen LogP contribution in [0.4, 0.5) is 0 Å². The Balaban J connectivity index is 2.76. The average Bonchev–Trinajstić information content (AvgIpc) is 2.89. The van der Waals surface area contributed by atoms with E-state index in [2.05, 4.69) is 4.98 Å². The Labute approximate surface area is 119 Å². The molecule has 20 heavy (non-hydrogen) atoms. The van der Waals surface area contributed by atoms with Gasteiger partial charge in [0.1, 0.15) is 12.6 Å². The summed E-state index contributed by atoms with van der Waals surface area (Å²) in [5.41, 5.74) is 0. The molecule has 0 saturated carbocycles. The molecule has 0 fully saturated rings. The molecule has 0 radical (unpaired) electrons. The first-order valence-electron chi connectivity index (χ1n) is 6.87. The van der Waals surface area contributed by atoms with E-state index in [1.165, 1.54) is 0 Å². The van der Waals surface area contributed by atoms with Crippen LogP contribution in [0.5, 0.6) is 0 Å². The molecule has 0 bridgehead atoms. The van der Waals surface area contributed by atoms with E-state index in [1.54, 1.807) is 42.0 Å². The number of esters is 1. The normalized spacial score (nSPS) is 12.2. The van der Waals surface area contributed by atoms with Gasteiger partial charge in [0.25, 0.3) is 0 Å². The molecule has 0 aliphatic carbocycles. The first-order valence-corrected chi connectivity index (χ1v) is 6.87. The summed E-state index contributed by atoms with van der Waals surface area (Å²) in [5.74, 6) is -0.201. The lowest BCUT2D eigenvalue weighted by molar-refractivity contribution is -0.150. The summed E-state index contributed by atoms with van der Waals surface area (Å²) in [7, 11) is 0. The minimum Gasteiger partial charge on any atom is -0.465 e. The number of nitrogens with zero attached hydrogens (tertiary/aromatic N) is 3. The van der Waals surface area contributed by atoms with Gasteiger partial charge >= 0.3 is 5.97 Å². The fourth-order valence-electron chi connectivity index (χ4n) is 1.93. The van der Waals surface area contributed by atoms with Gasteiger partial charge in [0.15, 0.2) is 0 Å². The van der Waals surface area contributed by atoms with Gasteiger partial charge in [-0.25, -0.2) is 4.98 Å². The summed E-state index contributed by atoms with van der Waals surface area (Å²) in [5, 5.41) is 0. The summed E-state index contributed by atoms with van der Waals surface area (Å²) in [6, 6.07) is -0.384. The maximum Gasteiger partial charge on any atom is 0.325 e. The molecule has 6 nitrogen and oxygen atoms in total. The first kappa shape index (κ1) is 16.2. The molecule has 0 N–H and O–H groups in total. The zero-order valence-corrected chi connectivity index (χ0v) is 12.6. The van der Waals surface area contributed by atoms with E-state index < -0.39 is 0 Å². The van der Waals surface area contributed by atoms with E-state index in [0.29, 0.717) is 13.2 Å². The van der Waals surface area contributed by atoms with Crippen LogP contribution in [0, 0.1) is 5.92 Å². The highest BCUT2D eigenvalue weighted by Gasteiger charge is 2.24. The number of hydrogen-bond donors (Lipinski definition) is 0. The second-order valence-electron chi connectivity index (χ2n) is 5.10. The molecule has 0 aromatic carbocycles. The molecule has 1 aromatic rings. The van der Waals surface area contributed by atoms with E-state index in [9.17, 15) is 9.59 Å². The molecule has 0 unspecified atom stereocenters. The largest absolute Gasteiger partial charge is 0.465 e. The molecule has 1 heterocycles. The molecule has 1 atom stereocenters. The number of carbonyl (C=O) groups excluding carboxylic acids is 2. The van der Waals surface area contributed by atoms with Gasteiger partial charge in [0.2, 0.25) is 5.91 Å². The topological polar surface area (TPSA) is 64.4 Å². The van der Waals surface area contributed by atoms with Crippen LogP contribution >= 0.6 is 0 Å². The first-order chi connectivity index (χ1) is 9.45. The molecule has 1 rings (SSSR count). The molecule has 6 heteroatoms. The van der Waals surface area contributed by atoms with Crippen LogP contribution in [0.2, 0.25) is 0 Å². The van der Waals surface area contributed by atoms with Crippen LogP contribution < -0.4 is 0 Å². The third kappa shape index (κ3) is 4.68. The average molecular weight is 281 g/mol. The van der Waals surface area contributed by atoms with E-state index in [0.717, 1.165) is 0 Å². The van der Waals surface area contributed by atoms with Gasteiger partial charge in [-0.15, -0.1) is 0 Å². The second-order valence-corrected chi connectivity index (χ2v) is 5.10. The van der Waals surface area contributed by atoms with E-state index >= 15 is 0 Å². The van der Waals surface area contributed by atoms with Crippen molar-refractivity contribution in [3.63, 3.8) is 0 Å². The van der Waals surface area contributed by atoms with Crippen molar-refractivity contribution in [2.75, 3.05) is 19.7 Å². The predicted octanol–water partition coefficient (Wildman–Crippen LogP) is 1.49. The molecular formula is C14H23N3O3. The van der Waals surface area contributed by atoms with Crippen LogP contribution in [0.15, 0.2) is 18.7 Å². The number of rotatable bonds is 7. The Morgan fingerprint density at radius 3 is 2.55 bits per heavy atom. The lowest BCUT2D eigenvalue weighted by Gasteiger charge is -2.27. The summed E-state index contributed by atoms with van der Waals surface area (Å²) in [6.45, 7) is 8.39. The van der Waals surface area contributed by atoms with Gasteiger partial charge in [-0.3, -0.25) is 9.59 Å². The van der Waals surface area contributed by atoms with Crippen LogP contribution in [0.25, 0.3) is 0 Å². The number of hydrogen-bond acceptors (Lipinski definition) is 4. The number of aromatic nitrogens is 2. The van der Waals surface area contributed by atoms with E-state index in [1.807, 2.05) is 13.8 Å². The van der Waals surface area contributed by atoms with Crippen LogP contribution in [0.1, 0.15) is 33.7 Å². The summed E-state index contributed by atoms with van der Waals surface area (Å²) in [6.07, 6.45) is 4.96.